The number of guanidine groups is 1. The van der Waals surface area contributed by atoms with Gasteiger partial charge in [0.2, 0.25) is 53.2 Å². The standard InChI is InChI=1S/C63H90N14O16/c1-3-37(2)52(60(90)75-48(35-40-21-11-6-12-22-40)61(91)77-32-16-25-49(77)59(89)72-45(62(92)93)23-13-14-30-64)76-56(86)44(27-29-51(81)82)71-58(88)47(34-39-19-9-5-10-20-39)74-54(84)42(24-15-31-68-63(66)67)69-55(85)43(26-28-50(79)80)70-57(87)46(73-53(83)41(65)36-78)33-38-17-7-4-8-18-38/h4-12,17-22,37,41-49,52,78H,3,13-16,23-36,64-65H2,1-2H3,(H,69,85)(H,70,87)(H,71,88)(H,72,89)(H,73,83)(H,74,84)(H,75,90)(H,76,86)(H,79,80)(H,81,82)(H,92,93)(H4,66,67,68)/t37-,41-,42-,43-,44-,45-,46-,47-,48-,49-,52-/m0/s1. The summed E-state index contributed by atoms with van der Waals surface area (Å²) in [6.45, 7) is 2.93. The second kappa shape index (κ2) is 39.7. The van der Waals surface area contributed by atoms with Gasteiger partial charge < -0.3 is 90.8 Å². The van der Waals surface area contributed by atoms with Gasteiger partial charge in [-0.2, -0.15) is 0 Å². The average molecular weight is 1300 g/mol. The monoisotopic (exact) mass is 1300 g/mol. The number of aliphatic carboxylic acids is 3. The molecule has 0 aliphatic carbocycles. The van der Waals surface area contributed by atoms with Gasteiger partial charge in [0.15, 0.2) is 5.96 Å². The number of carbonyl (C=O) groups is 12. The van der Waals surface area contributed by atoms with Crippen LogP contribution in [0.5, 0.6) is 0 Å². The fourth-order valence-electron chi connectivity index (χ4n) is 10.2. The smallest absolute Gasteiger partial charge is 0.326 e. The van der Waals surface area contributed by atoms with Gasteiger partial charge in [-0.1, -0.05) is 111 Å². The molecule has 1 aliphatic rings. The number of carbonyl (C=O) groups excluding carboxylic acids is 9. The number of benzene rings is 3. The summed E-state index contributed by atoms with van der Waals surface area (Å²) < 4.78 is 0. The highest BCUT2D eigenvalue weighted by molar-refractivity contribution is 5.99. The van der Waals surface area contributed by atoms with Crippen molar-refractivity contribution < 1.29 is 78.0 Å². The maximum Gasteiger partial charge on any atom is 0.326 e. The number of nitrogens with two attached hydrogens (primary N) is 4. The van der Waals surface area contributed by atoms with E-state index in [9.17, 15) is 78.0 Å². The Morgan fingerprint density at radius 3 is 1.40 bits per heavy atom. The number of hydrogen-bond acceptors (Lipinski definition) is 16. The number of nitrogens with zero attached hydrogens (tertiary/aromatic N) is 2. The summed E-state index contributed by atoms with van der Waals surface area (Å²) in [6, 6.07) is 10.7. The van der Waals surface area contributed by atoms with E-state index < -0.39 is 170 Å². The number of aliphatic hydroxyl groups excluding tert-OH is 1. The number of hydrogen-bond donors (Lipinski definition) is 16. The van der Waals surface area contributed by atoms with Crippen molar-refractivity contribution in [1.82, 2.24) is 47.4 Å². The Hall–Kier alpha value is -9.55. The van der Waals surface area contributed by atoms with Crippen molar-refractivity contribution in [2.45, 2.75) is 171 Å². The van der Waals surface area contributed by atoms with Gasteiger partial charge in [-0.05, 0) is 86.9 Å². The predicted molar refractivity (Wildman–Crippen MR) is 339 cm³/mol. The largest absolute Gasteiger partial charge is 0.481 e. The van der Waals surface area contributed by atoms with Gasteiger partial charge in [-0.3, -0.25) is 57.7 Å². The second-order valence-electron chi connectivity index (χ2n) is 22.8. The molecule has 3 aromatic rings. The van der Waals surface area contributed by atoms with Gasteiger partial charge in [0.05, 0.1) is 6.61 Å². The number of amides is 9. The van der Waals surface area contributed by atoms with Crippen LogP contribution in [-0.4, -0.2) is 189 Å². The van der Waals surface area contributed by atoms with Gasteiger partial charge in [-0.25, -0.2) is 4.79 Å². The number of rotatable bonds is 41. The van der Waals surface area contributed by atoms with E-state index in [0.29, 0.717) is 42.5 Å². The van der Waals surface area contributed by atoms with E-state index in [4.69, 9.17) is 22.9 Å². The molecule has 0 spiro atoms. The molecule has 0 bridgehead atoms. The van der Waals surface area contributed by atoms with Crippen molar-refractivity contribution in [3.05, 3.63) is 108 Å². The highest BCUT2D eigenvalue weighted by Crippen LogP contribution is 2.22. The molecule has 93 heavy (non-hydrogen) atoms. The molecular formula is C63H90N14O16. The molecule has 0 aromatic heterocycles. The molecule has 3 aromatic carbocycles. The van der Waals surface area contributed by atoms with E-state index in [1.165, 1.54) is 4.90 Å². The summed E-state index contributed by atoms with van der Waals surface area (Å²) in [7, 11) is 0. The molecule has 0 unspecified atom stereocenters. The Labute approximate surface area is 538 Å². The van der Waals surface area contributed by atoms with Crippen LogP contribution in [0.4, 0.5) is 0 Å². The molecule has 0 radical (unpaired) electrons. The summed E-state index contributed by atoms with van der Waals surface area (Å²) >= 11 is 0. The SMILES string of the molecule is CC[C@H](C)[C@H](NC(=O)[C@H](CCC(=O)O)NC(=O)[C@H](Cc1ccccc1)NC(=O)[C@H](CCCN=C(N)N)NC(=O)[C@H](CCC(=O)O)NC(=O)[C@H](Cc1ccccc1)NC(=O)[C@@H](N)CO)C(=O)N[C@@H](Cc1ccccc1)C(=O)N1CCC[C@H]1C(=O)N[C@@H](CCCCN)C(=O)O. The van der Waals surface area contributed by atoms with Crippen molar-refractivity contribution in [3.63, 3.8) is 0 Å². The van der Waals surface area contributed by atoms with Crippen LogP contribution in [-0.2, 0) is 76.8 Å². The Morgan fingerprint density at radius 2 is 0.957 bits per heavy atom. The van der Waals surface area contributed by atoms with Gasteiger partial charge in [0.1, 0.15) is 60.4 Å². The third kappa shape index (κ3) is 26.3. The minimum Gasteiger partial charge on any atom is -0.481 e. The first-order chi connectivity index (χ1) is 44.3. The van der Waals surface area contributed by atoms with E-state index in [0.717, 1.165) is 0 Å². The van der Waals surface area contributed by atoms with Crippen LogP contribution in [0.3, 0.4) is 0 Å². The third-order valence-electron chi connectivity index (χ3n) is 15.6. The average Bonchev–Trinajstić information content (AvgIpc) is 1.83. The lowest BCUT2D eigenvalue weighted by molar-refractivity contribution is -0.145. The van der Waals surface area contributed by atoms with E-state index >= 15 is 0 Å². The topological polar surface area (TPSA) is 502 Å². The van der Waals surface area contributed by atoms with Gasteiger partial charge in [0.25, 0.3) is 0 Å². The zero-order valence-electron chi connectivity index (χ0n) is 52.3. The second-order valence-corrected chi connectivity index (χ2v) is 22.8. The highest BCUT2D eigenvalue weighted by atomic mass is 16.4. The predicted octanol–water partition coefficient (Wildman–Crippen LogP) is -2.05. The first-order valence-electron chi connectivity index (χ1n) is 31.0. The molecule has 4 rings (SSSR count). The van der Waals surface area contributed by atoms with Gasteiger partial charge in [0, 0.05) is 45.2 Å². The Kier molecular flexibility index (Phi) is 32.4. The quantitative estimate of drug-likeness (QED) is 0.0165. The summed E-state index contributed by atoms with van der Waals surface area (Å²) in [6.07, 6.45) is -1.26. The Morgan fingerprint density at radius 1 is 0.538 bits per heavy atom. The van der Waals surface area contributed by atoms with Crippen LogP contribution in [0.1, 0.15) is 108 Å². The van der Waals surface area contributed by atoms with Crippen molar-refractivity contribution in [1.29, 1.82) is 0 Å². The van der Waals surface area contributed by atoms with Crippen LogP contribution in [0.15, 0.2) is 96.0 Å². The zero-order valence-corrected chi connectivity index (χ0v) is 52.3. The summed E-state index contributed by atoms with van der Waals surface area (Å²) in [5, 5.41) is 59.7. The van der Waals surface area contributed by atoms with Crippen molar-refractivity contribution in [2.24, 2.45) is 33.8 Å². The number of carboxylic acid groups (broad SMARTS) is 3. The molecule has 20 N–H and O–H groups in total. The number of likely N-dealkylation sites (tertiary alicyclic amines) is 1. The van der Waals surface area contributed by atoms with E-state index in [2.05, 4.69) is 47.5 Å². The lowest BCUT2D eigenvalue weighted by atomic mass is 9.96. The minimum absolute atomic E-state index is 0.0129. The van der Waals surface area contributed by atoms with Crippen LogP contribution in [0, 0.1) is 5.92 Å². The lowest BCUT2D eigenvalue weighted by Gasteiger charge is -2.32. The fourth-order valence-corrected chi connectivity index (χ4v) is 10.2. The van der Waals surface area contributed by atoms with Crippen LogP contribution in [0.2, 0.25) is 0 Å². The molecule has 1 fully saturated rings. The Bertz CT molecular complexity index is 3010. The molecule has 9 amide bonds. The fraction of sp³-hybridized carbons (Fsp3) is 0.508. The number of aliphatic hydroxyl groups is 1. The molecule has 508 valence electrons. The Balaban J connectivity index is 1.67. The summed E-state index contributed by atoms with van der Waals surface area (Å²) in [4.78, 5) is 170. The maximum atomic E-state index is 14.8. The van der Waals surface area contributed by atoms with Gasteiger partial charge >= 0.3 is 17.9 Å². The third-order valence-corrected chi connectivity index (χ3v) is 15.6. The number of unbranched alkanes of at least 4 members (excludes halogenated alkanes) is 1. The molecular weight excluding hydrogens is 1210 g/mol. The van der Waals surface area contributed by atoms with Crippen LogP contribution in [0.25, 0.3) is 0 Å². The normalized spacial score (nSPS) is 15.9. The van der Waals surface area contributed by atoms with Crippen LogP contribution >= 0.6 is 0 Å². The summed E-state index contributed by atoms with van der Waals surface area (Å²) in [5.74, 6) is -13.2. The van der Waals surface area contributed by atoms with Crippen LogP contribution < -0.4 is 65.5 Å². The zero-order chi connectivity index (χ0) is 68.6. The van der Waals surface area contributed by atoms with Crippen molar-refractivity contribution >= 4 is 77.0 Å². The molecule has 1 saturated heterocycles. The molecule has 30 nitrogen and oxygen atoms in total. The number of nitrogens with one attached hydrogen (secondary N) is 8. The first-order valence-corrected chi connectivity index (χ1v) is 31.0. The molecule has 0 saturated carbocycles. The molecule has 1 heterocycles. The molecule has 11 atom stereocenters. The number of carboxylic acids is 3. The first kappa shape index (κ1) is 75.9. The summed E-state index contributed by atoms with van der Waals surface area (Å²) in [5.41, 5.74) is 24.1. The molecule has 30 heteroatoms. The lowest BCUT2D eigenvalue weighted by Crippen LogP contribution is -2.61. The van der Waals surface area contributed by atoms with Crippen molar-refractivity contribution in [2.75, 3.05) is 26.2 Å². The highest BCUT2D eigenvalue weighted by Gasteiger charge is 2.41. The van der Waals surface area contributed by atoms with E-state index in [1.54, 1.807) is 105 Å². The van der Waals surface area contributed by atoms with Crippen molar-refractivity contribution in [3.8, 4) is 0 Å². The minimum atomic E-state index is -1.71. The maximum absolute atomic E-state index is 14.8. The van der Waals surface area contributed by atoms with Gasteiger partial charge in [-0.15, -0.1) is 0 Å². The molecule has 1 aliphatic heterocycles. The van der Waals surface area contributed by atoms with E-state index in [-0.39, 0.29) is 70.4 Å². The van der Waals surface area contributed by atoms with E-state index in [1.807, 2.05) is 0 Å². The number of aliphatic imine (C=N–C) groups is 1.